The molecule has 7 heteroatoms. The van der Waals surface area contributed by atoms with Crippen LogP contribution in [0.5, 0.6) is 0 Å². The van der Waals surface area contributed by atoms with Crippen LogP contribution in [0.25, 0.3) is 0 Å². The largest absolute Gasteiger partial charge is 0.369 e. The first-order valence-corrected chi connectivity index (χ1v) is 8.03. The average Bonchev–Trinajstić information content (AvgIpc) is 2.84. The third-order valence-corrected chi connectivity index (χ3v) is 4.43. The van der Waals surface area contributed by atoms with Gasteiger partial charge in [-0.1, -0.05) is 29.8 Å². The number of hydrogen-bond acceptors (Lipinski definition) is 3. The Morgan fingerprint density at radius 3 is 2.62 bits per heavy atom. The normalized spacial score (nSPS) is 12.0. The first-order chi connectivity index (χ1) is 11.4. The summed E-state index contributed by atoms with van der Waals surface area (Å²) >= 11 is 6.11. The highest BCUT2D eigenvalue weighted by atomic mass is 35.5. The summed E-state index contributed by atoms with van der Waals surface area (Å²) in [6.45, 7) is 2.08. The van der Waals surface area contributed by atoms with Crippen LogP contribution in [0.15, 0.2) is 30.5 Å². The van der Waals surface area contributed by atoms with Gasteiger partial charge in [-0.25, -0.2) is 0 Å². The van der Waals surface area contributed by atoms with E-state index in [0.717, 1.165) is 16.8 Å². The number of aromatic nitrogens is 2. The summed E-state index contributed by atoms with van der Waals surface area (Å²) in [5.41, 5.74) is 8.08. The number of nitrogens with two attached hydrogens (primary N) is 1. The van der Waals surface area contributed by atoms with Gasteiger partial charge in [0.05, 0.1) is 18.5 Å². The van der Waals surface area contributed by atoms with Gasteiger partial charge < -0.3 is 11.1 Å². The molecular weight excluding hydrogens is 328 g/mol. The Balaban J connectivity index is 1.94. The van der Waals surface area contributed by atoms with Crippen molar-refractivity contribution in [3.63, 3.8) is 0 Å². The predicted octanol–water partition coefficient (Wildman–Crippen LogP) is 1.38. The summed E-state index contributed by atoms with van der Waals surface area (Å²) in [6, 6.07) is 7.28. The van der Waals surface area contributed by atoms with Gasteiger partial charge in [0.25, 0.3) is 0 Å². The highest BCUT2D eigenvalue weighted by Crippen LogP contribution is 2.18. The molecule has 0 spiro atoms. The fourth-order valence-corrected chi connectivity index (χ4v) is 2.61. The molecule has 2 rings (SSSR count). The number of primary amides is 1. The van der Waals surface area contributed by atoms with E-state index >= 15 is 0 Å². The maximum atomic E-state index is 12.1. The summed E-state index contributed by atoms with van der Waals surface area (Å²) in [4.78, 5) is 23.8. The lowest BCUT2D eigenvalue weighted by Gasteiger charge is -2.15. The smallest absolute Gasteiger partial charge is 0.224 e. The number of carbonyl (C=O) groups excluding carboxylic acids is 2. The average molecular weight is 349 g/mol. The van der Waals surface area contributed by atoms with Gasteiger partial charge in [-0.15, -0.1) is 0 Å². The Labute approximate surface area is 146 Å². The van der Waals surface area contributed by atoms with E-state index in [1.54, 1.807) is 16.9 Å². The molecule has 1 unspecified atom stereocenters. The Morgan fingerprint density at radius 1 is 1.33 bits per heavy atom. The summed E-state index contributed by atoms with van der Waals surface area (Å²) in [6.07, 6.45) is 2.28. The number of carbonyl (C=O) groups is 2. The predicted molar refractivity (Wildman–Crippen MR) is 92.5 cm³/mol. The SMILES string of the molecule is Cc1c(CC(=O)NCC(Cc2ccccc2Cl)C(N)=O)cnn1C. The van der Waals surface area contributed by atoms with Crippen LogP contribution >= 0.6 is 11.6 Å². The summed E-state index contributed by atoms with van der Waals surface area (Å²) in [7, 11) is 1.82. The zero-order valence-corrected chi connectivity index (χ0v) is 14.5. The third kappa shape index (κ3) is 4.58. The van der Waals surface area contributed by atoms with Crippen molar-refractivity contribution in [2.24, 2.45) is 18.7 Å². The fraction of sp³-hybridized carbons (Fsp3) is 0.353. The Kier molecular flexibility index (Phi) is 5.98. The summed E-state index contributed by atoms with van der Waals surface area (Å²) in [5.74, 6) is -1.15. The quantitative estimate of drug-likeness (QED) is 0.792. The molecule has 0 aliphatic rings. The van der Waals surface area contributed by atoms with E-state index in [-0.39, 0.29) is 18.9 Å². The Hall–Kier alpha value is -2.34. The van der Waals surface area contributed by atoms with Gasteiger partial charge in [0.2, 0.25) is 11.8 Å². The van der Waals surface area contributed by atoms with Crippen molar-refractivity contribution in [1.29, 1.82) is 0 Å². The number of benzene rings is 1. The van der Waals surface area contributed by atoms with Crippen LogP contribution in [0.1, 0.15) is 16.8 Å². The maximum Gasteiger partial charge on any atom is 0.224 e. The molecule has 2 aromatic rings. The van der Waals surface area contributed by atoms with E-state index < -0.39 is 11.8 Å². The molecule has 0 fully saturated rings. The first-order valence-electron chi connectivity index (χ1n) is 7.65. The molecule has 0 radical (unpaired) electrons. The zero-order valence-electron chi connectivity index (χ0n) is 13.8. The maximum absolute atomic E-state index is 12.1. The molecule has 0 saturated carbocycles. The highest BCUT2D eigenvalue weighted by Gasteiger charge is 2.19. The monoisotopic (exact) mass is 348 g/mol. The van der Waals surface area contributed by atoms with Crippen LogP contribution in [-0.2, 0) is 29.5 Å². The molecule has 128 valence electrons. The van der Waals surface area contributed by atoms with Crippen molar-refractivity contribution < 1.29 is 9.59 Å². The van der Waals surface area contributed by atoms with Crippen molar-refractivity contribution in [3.05, 3.63) is 52.3 Å². The molecule has 24 heavy (non-hydrogen) atoms. The highest BCUT2D eigenvalue weighted by molar-refractivity contribution is 6.31. The molecule has 2 amide bonds. The molecule has 1 aromatic carbocycles. The van der Waals surface area contributed by atoms with Gasteiger partial charge in [0.1, 0.15) is 0 Å². The van der Waals surface area contributed by atoms with Crippen LogP contribution in [0, 0.1) is 12.8 Å². The van der Waals surface area contributed by atoms with Crippen LogP contribution in [0.3, 0.4) is 0 Å². The number of halogens is 1. The van der Waals surface area contributed by atoms with Crippen LogP contribution < -0.4 is 11.1 Å². The lowest BCUT2D eigenvalue weighted by molar-refractivity contribution is -0.123. The van der Waals surface area contributed by atoms with Gasteiger partial charge in [-0.3, -0.25) is 14.3 Å². The van der Waals surface area contributed by atoms with Crippen LogP contribution in [0.4, 0.5) is 0 Å². The number of aryl methyl sites for hydroxylation is 1. The molecule has 0 saturated heterocycles. The zero-order chi connectivity index (χ0) is 17.7. The minimum Gasteiger partial charge on any atom is -0.369 e. The number of rotatable bonds is 7. The summed E-state index contributed by atoms with van der Waals surface area (Å²) in [5, 5.41) is 7.46. The summed E-state index contributed by atoms with van der Waals surface area (Å²) < 4.78 is 1.71. The van der Waals surface area contributed by atoms with Crippen molar-refractivity contribution in [3.8, 4) is 0 Å². The first kappa shape index (κ1) is 18.0. The topological polar surface area (TPSA) is 90.0 Å². The third-order valence-electron chi connectivity index (χ3n) is 4.06. The van der Waals surface area contributed by atoms with E-state index in [1.807, 2.05) is 32.2 Å². The Morgan fingerprint density at radius 2 is 2.04 bits per heavy atom. The standard InChI is InChI=1S/C17H21ClN4O2/c1-11-13(10-21-22(11)2)8-16(23)20-9-14(17(19)24)7-12-5-3-4-6-15(12)18/h3-6,10,14H,7-9H2,1-2H3,(H2,19,24)(H,20,23). The second-order valence-electron chi connectivity index (χ2n) is 5.75. The number of amides is 2. The second kappa shape index (κ2) is 7.97. The molecule has 0 aliphatic heterocycles. The van der Waals surface area contributed by atoms with Crippen molar-refractivity contribution >= 4 is 23.4 Å². The number of nitrogens with one attached hydrogen (secondary N) is 1. The lowest BCUT2D eigenvalue weighted by atomic mass is 9.98. The lowest BCUT2D eigenvalue weighted by Crippen LogP contribution is -2.37. The molecule has 6 nitrogen and oxygen atoms in total. The van der Waals surface area contributed by atoms with Crippen molar-refractivity contribution in [2.75, 3.05) is 6.54 Å². The van der Waals surface area contributed by atoms with E-state index in [2.05, 4.69) is 10.4 Å². The molecule has 3 N–H and O–H groups in total. The van der Waals surface area contributed by atoms with Crippen molar-refractivity contribution in [1.82, 2.24) is 15.1 Å². The van der Waals surface area contributed by atoms with Gasteiger partial charge in [0.15, 0.2) is 0 Å². The molecule has 0 aliphatic carbocycles. The van der Waals surface area contributed by atoms with Gasteiger partial charge in [0, 0.05) is 29.9 Å². The van der Waals surface area contributed by atoms with E-state index in [0.29, 0.717) is 11.4 Å². The van der Waals surface area contributed by atoms with Crippen molar-refractivity contribution in [2.45, 2.75) is 19.8 Å². The minimum absolute atomic E-state index is 0.170. The fourth-order valence-electron chi connectivity index (χ4n) is 2.39. The van der Waals surface area contributed by atoms with Crippen LogP contribution in [-0.4, -0.2) is 28.1 Å². The van der Waals surface area contributed by atoms with E-state index in [9.17, 15) is 9.59 Å². The van der Waals surface area contributed by atoms with E-state index in [4.69, 9.17) is 17.3 Å². The minimum atomic E-state index is -0.510. The van der Waals surface area contributed by atoms with Gasteiger partial charge in [-0.05, 0) is 25.0 Å². The van der Waals surface area contributed by atoms with Gasteiger partial charge >= 0.3 is 0 Å². The van der Waals surface area contributed by atoms with Crippen LogP contribution in [0.2, 0.25) is 5.02 Å². The molecular formula is C17H21ClN4O2. The van der Waals surface area contributed by atoms with E-state index in [1.165, 1.54) is 0 Å². The van der Waals surface area contributed by atoms with Gasteiger partial charge in [-0.2, -0.15) is 5.10 Å². The number of hydrogen-bond donors (Lipinski definition) is 2. The molecule has 1 atom stereocenters. The molecule has 1 aromatic heterocycles. The Bertz CT molecular complexity index is 742. The molecule has 0 bridgehead atoms. The number of nitrogens with zero attached hydrogens (tertiary/aromatic N) is 2. The molecule has 1 heterocycles. The second-order valence-corrected chi connectivity index (χ2v) is 6.16.